The summed E-state index contributed by atoms with van der Waals surface area (Å²) in [5, 5.41) is 3.47. The molecule has 1 heterocycles. The Morgan fingerprint density at radius 3 is 2.53 bits per heavy atom. The number of benzene rings is 1. The van der Waals surface area contributed by atoms with Crippen LogP contribution in [0, 0.1) is 0 Å². The summed E-state index contributed by atoms with van der Waals surface area (Å²) >= 11 is 17.9. The highest BCUT2D eigenvalue weighted by molar-refractivity contribution is 8.23. The Morgan fingerprint density at radius 1 is 1.37 bits per heavy atom. The molecule has 1 aliphatic heterocycles. The molecule has 4 nitrogen and oxygen atoms in total. The number of thiocarbonyl (C=S) groups is 1. The maximum atomic E-state index is 11.8. The second-order valence-electron chi connectivity index (χ2n) is 3.74. The van der Waals surface area contributed by atoms with Gasteiger partial charge in [0.1, 0.15) is 10.9 Å². The van der Waals surface area contributed by atoms with Gasteiger partial charge in [0.25, 0.3) is 0 Å². The first kappa shape index (κ1) is 14.6. The van der Waals surface area contributed by atoms with Crippen LogP contribution in [-0.4, -0.2) is 33.3 Å². The van der Waals surface area contributed by atoms with Crippen molar-refractivity contribution in [1.29, 1.82) is 0 Å². The standard InChI is InChI=1S/C11H8Cl2N2O2S2/c12-6-1-7(13)3-8(2-6)14-9(16)4-15-10(17)5-19-11(15)18/h1-3H,4-5H2,(H,14,16). The fourth-order valence-corrected chi connectivity index (χ4v) is 3.10. The minimum atomic E-state index is -0.350. The van der Waals surface area contributed by atoms with Gasteiger partial charge in [0.2, 0.25) is 11.8 Å². The molecule has 1 aromatic rings. The third-order valence-electron chi connectivity index (χ3n) is 2.29. The van der Waals surface area contributed by atoms with E-state index in [1.54, 1.807) is 18.2 Å². The van der Waals surface area contributed by atoms with Crippen molar-refractivity contribution in [2.75, 3.05) is 17.6 Å². The van der Waals surface area contributed by atoms with Gasteiger partial charge in [-0.25, -0.2) is 0 Å². The lowest BCUT2D eigenvalue weighted by Gasteiger charge is -2.14. The Balaban J connectivity index is 2.01. The number of hydrogen-bond donors (Lipinski definition) is 1. The summed E-state index contributed by atoms with van der Waals surface area (Å²) in [4.78, 5) is 24.6. The van der Waals surface area contributed by atoms with Crippen molar-refractivity contribution < 1.29 is 9.59 Å². The van der Waals surface area contributed by atoms with Crippen LogP contribution in [0.1, 0.15) is 0 Å². The van der Waals surface area contributed by atoms with Crippen molar-refractivity contribution in [2.24, 2.45) is 0 Å². The van der Waals surface area contributed by atoms with Gasteiger partial charge in [-0.05, 0) is 18.2 Å². The number of carbonyl (C=O) groups is 2. The molecule has 2 amide bonds. The molecule has 2 rings (SSSR count). The quantitative estimate of drug-likeness (QED) is 0.863. The fourth-order valence-electron chi connectivity index (χ4n) is 1.50. The van der Waals surface area contributed by atoms with Crippen LogP contribution in [0.3, 0.4) is 0 Å². The average molecular weight is 335 g/mol. The van der Waals surface area contributed by atoms with Crippen molar-refractivity contribution in [3.05, 3.63) is 28.2 Å². The average Bonchev–Trinajstić information content (AvgIpc) is 2.59. The summed E-state index contributed by atoms with van der Waals surface area (Å²) in [6.07, 6.45) is 0. The highest BCUT2D eigenvalue weighted by atomic mass is 35.5. The van der Waals surface area contributed by atoms with Gasteiger partial charge in [0.15, 0.2) is 0 Å². The molecule has 19 heavy (non-hydrogen) atoms. The maximum absolute atomic E-state index is 11.8. The largest absolute Gasteiger partial charge is 0.324 e. The van der Waals surface area contributed by atoms with Crippen LogP contribution < -0.4 is 5.32 Å². The molecule has 0 aromatic heterocycles. The van der Waals surface area contributed by atoms with E-state index in [4.69, 9.17) is 35.4 Å². The Kier molecular flexibility index (Phi) is 4.67. The molecular formula is C11H8Cl2N2O2S2. The van der Waals surface area contributed by atoms with E-state index < -0.39 is 0 Å². The molecule has 8 heteroatoms. The zero-order valence-corrected chi connectivity index (χ0v) is 12.6. The van der Waals surface area contributed by atoms with Gasteiger partial charge < -0.3 is 5.32 Å². The minimum Gasteiger partial charge on any atom is -0.324 e. The normalized spacial score (nSPS) is 14.9. The summed E-state index contributed by atoms with van der Waals surface area (Å²) in [6.45, 7) is -0.102. The number of amides is 2. The first-order chi connectivity index (χ1) is 8.95. The van der Waals surface area contributed by atoms with Gasteiger partial charge in [0.05, 0.1) is 5.75 Å². The summed E-state index contributed by atoms with van der Waals surface area (Å²) < 4.78 is 0.421. The lowest BCUT2D eigenvalue weighted by Crippen LogP contribution is -2.36. The molecule has 0 aliphatic carbocycles. The van der Waals surface area contributed by atoms with Crippen molar-refractivity contribution in [3.63, 3.8) is 0 Å². The predicted octanol–water partition coefficient (Wildman–Crippen LogP) is 2.79. The van der Waals surface area contributed by atoms with Crippen LogP contribution in [0.15, 0.2) is 18.2 Å². The van der Waals surface area contributed by atoms with Gasteiger partial charge in [-0.1, -0.05) is 47.2 Å². The maximum Gasteiger partial charge on any atom is 0.244 e. The first-order valence-electron chi connectivity index (χ1n) is 5.19. The van der Waals surface area contributed by atoms with Crippen molar-refractivity contribution in [2.45, 2.75) is 0 Å². The number of hydrogen-bond acceptors (Lipinski definition) is 4. The molecular weight excluding hydrogens is 327 g/mol. The van der Waals surface area contributed by atoms with Gasteiger partial charge in [-0.3, -0.25) is 14.5 Å². The molecule has 1 aromatic carbocycles. The molecule has 0 bridgehead atoms. The first-order valence-corrected chi connectivity index (χ1v) is 7.34. The summed E-state index contributed by atoms with van der Waals surface area (Å²) in [5.41, 5.74) is 0.479. The molecule has 0 radical (unpaired) electrons. The molecule has 100 valence electrons. The van der Waals surface area contributed by atoms with E-state index in [1.165, 1.54) is 16.7 Å². The van der Waals surface area contributed by atoms with Crippen LogP contribution in [0.4, 0.5) is 5.69 Å². The third kappa shape index (κ3) is 3.82. The highest BCUT2D eigenvalue weighted by Crippen LogP contribution is 2.23. The summed E-state index contributed by atoms with van der Waals surface area (Å²) in [6, 6.07) is 4.71. The Hall–Kier alpha value is -0.820. The number of halogens is 2. The Labute approximate surface area is 129 Å². The zero-order valence-electron chi connectivity index (χ0n) is 9.48. The molecule has 1 fully saturated rings. The van der Waals surface area contributed by atoms with Crippen LogP contribution in [-0.2, 0) is 9.59 Å². The van der Waals surface area contributed by atoms with Crippen molar-refractivity contribution in [1.82, 2.24) is 4.90 Å². The number of rotatable bonds is 3. The molecule has 0 saturated carbocycles. The number of anilines is 1. The van der Waals surface area contributed by atoms with E-state index >= 15 is 0 Å². The summed E-state index contributed by atoms with van der Waals surface area (Å²) in [5.74, 6) is -0.222. The van der Waals surface area contributed by atoms with Crippen LogP contribution in [0.2, 0.25) is 10.0 Å². The Morgan fingerprint density at radius 2 is 2.00 bits per heavy atom. The van der Waals surface area contributed by atoms with Crippen molar-refractivity contribution >= 4 is 69.0 Å². The van der Waals surface area contributed by atoms with Crippen molar-refractivity contribution in [3.8, 4) is 0 Å². The second kappa shape index (κ2) is 6.09. The van der Waals surface area contributed by atoms with E-state index in [1.807, 2.05) is 0 Å². The lowest BCUT2D eigenvalue weighted by molar-refractivity contribution is -0.127. The van der Waals surface area contributed by atoms with Gasteiger partial charge >= 0.3 is 0 Å². The van der Waals surface area contributed by atoms with E-state index in [2.05, 4.69) is 5.32 Å². The van der Waals surface area contributed by atoms with Crippen LogP contribution in [0.25, 0.3) is 0 Å². The predicted molar refractivity (Wildman–Crippen MR) is 81.9 cm³/mol. The molecule has 1 N–H and O–H groups in total. The van der Waals surface area contributed by atoms with E-state index in [9.17, 15) is 9.59 Å². The molecule has 0 unspecified atom stereocenters. The van der Waals surface area contributed by atoms with Gasteiger partial charge in [-0.15, -0.1) is 0 Å². The minimum absolute atomic E-state index is 0.102. The Bertz CT molecular complexity index is 529. The fraction of sp³-hybridized carbons (Fsp3) is 0.182. The molecule has 0 atom stereocenters. The second-order valence-corrected chi connectivity index (χ2v) is 6.22. The SMILES string of the molecule is O=C(CN1C(=O)CSC1=S)Nc1cc(Cl)cc(Cl)c1. The number of nitrogens with one attached hydrogen (secondary N) is 1. The molecule has 1 saturated heterocycles. The number of carbonyl (C=O) groups excluding carboxylic acids is 2. The topological polar surface area (TPSA) is 49.4 Å². The van der Waals surface area contributed by atoms with E-state index in [0.29, 0.717) is 20.1 Å². The van der Waals surface area contributed by atoms with Crippen LogP contribution in [0.5, 0.6) is 0 Å². The molecule has 0 spiro atoms. The molecule has 1 aliphatic rings. The number of thioether (sulfide) groups is 1. The lowest BCUT2D eigenvalue weighted by atomic mass is 10.3. The van der Waals surface area contributed by atoms with E-state index in [-0.39, 0.29) is 24.1 Å². The third-order valence-corrected chi connectivity index (χ3v) is 4.16. The monoisotopic (exact) mass is 334 g/mol. The van der Waals surface area contributed by atoms with Gasteiger partial charge in [-0.2, -0.15) is 0 Å². The number of nitrogens with zero attached hydrogens (tertiary/aromatic N) is 1. The summed E-state index contributed by atoms with van der Waals surface area (Å²) in [7, 11) is 0. The zero-order chi connectivity index (χ0) is 14.0. The van der Waals surface area contributed by atoms with Gasteiger partial charge in [0, 0.05) is 15.7 Å². The highest BCUT2D eigenvalue weighted by Gasteiger charge is 2.28. The van der Waals surface area contributed by atoms with Crippen LogP contribution >= 0.6 is 47.2 Å². The smallest absolute Gasteiger partial charge is 0.244 e. The van der Waals surface area contributed by atoms with E-state index in [0.717, 1.165) is 0 Å².